The number of cyclic esters (lactones) is 2. The molecule has 11 atom stereocenters. The number of piperidine rings is 2. The van der Waals surface area contributed by atoms with Crippen LogP contribution in [0, 0.1) is 35.5 Å². The maximum Gasteiger partial charge on any atom is 0.331 e. The van der Waals surface area contributed by atoms with Gasteiger partial charge in [-0.25, -0.2) is 9.59 Å². The van der Waals surface area contributed by atoms with E-state index in [9.17, 15) is 43.8 Å². The summed E-state index contributed by atoms with van der Waals surface area (Å²) in [5.41, 5.74) is 2.15. The number of hydrogen-bond donors (Lipinski definition) is 4. The molecule has 0 aromatic carbocycles. The Kier molecular flexibility index (Phi) is 25.9. The Hall–Kier alpha value is -5.09. The van der Waals surface area contributed by atoms with Crippen molar-refractivity contribution in [3.05, 3.63) is 84.2 Å². The van der Waals surface area contributed by atoms with Gasteiger partial charge in [0.15, 0.2) is 0 Å². The minimum atomic E-state index is -0.894. The van der Waals surface area contributed by atoms with Crippen molar-refractivity contribution in [3.63, 3.8) is 0 Å². The molecule has 2 saturated heterocycles. The molecule has 0 bridgehead atoms. The van der Waals surface area contributed by atoms with Crippen molar-refractivity contribution in [3.8, 4) is 0 Å². The second kappa shape index (κ2) is 30.6. The van der Waals surface area contributed by atoms with Crippen molar-refractivity contribution in [1.29, 1.82) is 0 Å². The van der Waals surface area contributed by atoms with Gasteiger partial charge in [0, 0.05) is 81.9 Å². The minimum absolute atomic E-state index is 0.00608. The highest BCUT2D eigenvalue weighted by molar-refractivity contribution is 5.97. The third-order valence-electron chi connectivity index (χ3n) is 13.4. The van der Waals surface area contributed by atoms with Gasteiger partial charge in [-0.3, -0.25) is 29.3 Å². The van der Waals surface area contributed by atoms with Gasteiger partial charge in [-0.1, -0.05) is 82.9 Å². The Balaban J connectivity index is 0.000000370. The summed E-state index contributed by atoms with van der Waals surface area (Å²) in [4.78, 5) is 85.5. The highest BCUT2D eigenvalue weighted by atomic mass is 16.5. The van der Waals surface area contributed by atoms with Crippen molar-refractivity contribution in [2.24, 2.45) is 35.5 Å². The van der Waals surface area contributed by atoms with Gasteiger partial charge < -0.3 is 34.5 Å². The number of rotatable bonds is 15. The quantitative estimate of drug-likeness (QED) is 0.0716. The zero-order chi connectivity index (χ0) is 51.9. The highest BCUT2D eigenvalue weighted by Crippen LogP contribution is 2.29. The number of allylic oxidation sites excluding steroid dienone is 6. The molecule has 15 heteroatoms. The van der Waals surface area contributed by atoms with Gasteiger partial charge in [-0.2, -0.15) is 0 Å². The number of hydrogen-bond acceptors (Lipinski definition) is 13. The number of carbonyl (C=O) groups excluding carboxylic acids is 7. The largest absolute Gasteiger partial charge is 0.454 e. The third-order valence-corrected chi connectivity index (χ3v) is 13.4. The molecule has 4 aliphatic heterocycles. The Morgan fingerprint density at radius 2 is 1.23 bits per heavy atom. The Bertz CT molecular complexity index is 1970. The molecule has 0 aromatic heterocycles. The van der Waals surface area contributed by atoms with Gasteiger partial charge in [0.1, 0.15) is 36.0 Å². The lowest BCUT2D eigenvalue weighted by Gasteiger charge is -2.31. The molecule has 0 saturated carbocycles. The van der Waals surface area contributed by atoms with E-state index in [0.29, 0.717) is 69.8 Å². The van der Waals surface area contributed by atoms with E-state index in [2.05, 4.69) is 17.2 Å². The van der Waals surface area contributed by atoms with Gasteiger partial charge in [0.2, 0.25) is 17.7 Å². The molecule has 70 heavy (non-hydrogen) atoms. The van der Waals surface area contributed by atoms with Gasteiger partial charge >= 0.3 is 11.9 Å². The van der Waals surface area contributed by atoms with E-state index in [1.165, 1.54) is 19.3 Å². The fourth-order valence-electron chi connectivity index (χ4n) is 9.37. The lowest BCUT2D eigenvalue weighted by Crippen LogP contribution is -2.41. The first-order valence-electron chi connectivity index (χ1n) is 25.0. The zero-order valence-corrected chi connectivity index (χ0v) is 42.7. The summed E-state index contributed by atoms with van der Waals surface area (Å²) in [6.07, 6.45) is 21.2. The number of imide groups is 1. The van der Waals surface area contributed by atoms with Crippen LogP contribution in [0.4, 0.5) is 0 Å². The molecular weight excluding hydrogens is 897 g/mol. The summed E-state index contributed by atoms with van der Waals surface area (Å²) in [5, 5.41) is 26.7. The monoisotopic (exact) mass is 977 g/mol. The molecule has 2 fully saturated rings. The SMILES string of the molecule is C=C1CC(CCCC(=O)[C@@H](C)/C=C(\C)[C@@H]2OC(=O)/C=C/CC/C=C/[C@H](OC)[C@@H](O)[C@@H]2C)CC(=O)N1.CO[C@H]1/C=C/CC/C=C/C(=O)OC([C@H](C)C(=O)CCCC2CC(=O)NC(=O)C2)/C(C)=C\[C@@H](C)[C@@H]1O. The average Bonchev–Trinajstić information content (AvgIpc) is 3.30. The van der Waals surface area contributed by atoms with Gasteiger partial charge in [0.05, 0.1) is 18.1 Å². The molecule has 4 aliphatic rings. The van der Waals surface area contributed by atoms with Crippen LogP contribution in [0.2, 0.25) is 0 Å². The highest BCUT2D eigenvalue weighted by Gasteiger charge is 2.34. The summed E-state index contributed by atoms with van der Waals surface area (Å²) >= 11 is 0. The van der Waals surface area contributed by atoms with Crippen molar-refractivity contribution >= 4 is 41.2 Å². The van der Waals surface area contributed by atoms with Crippen molar-refractivity contribution in [2.45, 2.75) is 168 Å². The smallest absolute Gasteiger partial charge is 0.331 e. The number of aliphatic hydroxyl groups is 2. The maximum atomic E-state index is 13.0. The normalized spacial score (nSPS) is 31.4. The van der Waals surface area contributed by atoms with Gasteiger partial charge in [-0.05, 0) is 94.6 Å². The van der Waals surface area contributed by atoms with Crippen LogP contribution < -0.4 is 10.6 Å². The zero-order valence-electron chi connectivity index (χ0n) is 42.7. The third kappa shape index (κ3) is 20.3. The van der Waals surface area contributed by atoms with E-state index in [-0.39, 0.29) is 59.4 Å². The van der Waals surface area contributed by atoms with Crippen LogP contribution in [0.25, 0.3) is 0 Å². The lowest BCUT2D eigenvalue weighted by molar-refractivity contribution is -0.147. The van der Waals surface area contributed by atoms with Crippen LogP contribution in [0.1, 0.15) is 131 Å². The molecular formula is C55H80N2O13. The van der Waals surface area contributed by atoms with E-state index in [1.54, 1.807) is 33.1 Å². The van der Waals surface area contributed by atoms with Crippen LogP contribution in [0.5, 0.6) is 0 Å². The first kappa shape index (κ1) is 59.2. The fraction of sp³-hybridized carbons (Fsp3) is 0.618. The van der Waals surface area contributed by atoms with Gasteiger partial charge in [-0.15, -0.1) is 0 Å². The van der Waals surface area contributed by atoms with Crippen LogP contribution in [0.15, 0.2) is 84.2 Å². The number of Topliss-reactive ketones (excluding diaryl/α,β-unsaturated/α-hetero) is 2. The molecule has 388 valence electrons. The van der Waals surface area contributed by atoms with E-state index < -0.39 is 60.4 Å². The summed E-state index contributed by atoms with van der Waals surface area (Å²) in [7, 11) is 3.09. The number of amides is 3. The predicted molar refractivity (Wildman–Crippen MR) is 266 cm³/mol. The van der Waals surface area contributed by atoms with Crippen LogP contribution >= 0.6 is 0 Å². The Labute approximate surface area is 415 Å². The van der Waals surface area contributed by atoms with Crippen molar-refractivity contribution in [2.75, 3.05) is 14.2 Å². The van der Waals surface area contributed by atoms with E-state index in [0.717, 1.165) is 30.5 Å². The molecule has 4 heterocycles. The number of ether oxygens (including phenoxy) is 4. The Morgan fingerprint density at radius 3 is 1.77 bits per heavy atom. The summed E-state index contributed by atoms with van der Waals surface area (Å²) in [6.45, 7) is 14.7. The number of carbonyl (C=O) groups is 7. The standard InChI is InChI=1S/C28H41NO6.C27H39NO7/c1-18(23(30)12-10-11-22-16-20(3)29-25(31)17-22)15-19(2)28-21(4)27(33)24(34-5)13-8-6-7-9-14-26(32)35-28;1-17-14-18(2)27(35-25(32)13-8-6-5-7-12-22(34-4)26(17)33)19(3)21(29)11-9-10-20-15-23(30)28-24(31)16-20/h8-9,13-15,18,21-22,24,27-28,33H,3,6-7,10-12,16-17H2,1-2,4-5H3,(H,29,31);7-8,12-14,17,19-20,22,26-27,33H,5-6,9-11,15-16H2,1-4H3,(H,28,30,31)/b13-8+,14-9+,19-15+;12-7+,13-8+,18-14-/t18-,21-,22?,24-,27-,28-;17-,19-,22+,26+,27?/m01/s1. The maximum absolute atomic E-state index is 13.0. The predicted octanol–water partition coefficient (Wildman–Crippen LogP) is 7.37. The number of nitrogens with one attached hydrogen (secondary N) is 2. The second-order valence-electron chi connectivity index (χ2n) is 19.4. The van der Waals surface area contributed by atoms with Crippen molar-refractivity contribution < 1.29 is 62.7 Å². The van der Waals surface area contributed by atoms with Crippen LogP contribution in [-0.2, 0) is 52.5 Å². The first-order valence-corrected chi connectivity index (χ1v) is 25.0. The lowest BCUT2D eigenvalue weighted by atomic mass is 9.86. The number of methoxy groups -OCH3 is 2. The number of aliphatic hydroxyl groups excluding tert-OH is 2. The molecule has 4 rings (SSSR count). The van der Waals surface area contributed by atoms with Crippen LogP contribution in [0.3, 0.4) is 0 Å². The molecule has 3 amide bonds. The molecule has 0 radical (unpaired) electrons. The summed E-state index contributed by atoms with van der Waals surface area (Å²) in [5.74, 6) is -3.03. The first-order chi connectivity index (χ1) is 33.2. The van der Waals surface area contributed by atoms with E-state index in [4.69, 9.17) is 18.9 Å². The molecule has 0 spiro atoms. The second-order valence-corrected chi connectivity index (χ2v) is 19.4. The molecule has 15 nitrogen and oxygen atoms in total. The molecule has 2 unspecified atom stereocenters. The number of ketones is 2. The fourth-order valence-corrected chi connectivity index (χ4v) is 9.37. The minimum Gasteiger partial charge on any atom is -0.454 e. The summed E-state index contributed by atoms with van der Waals surface area (Å²) < 4.78 is 22.3. The Morgan fingerprint density at radius 1 is 0.743 bits per heavy atom. The van der Waals surface area contributed by atoms with Crippen LogP contribution in [-0.4, -0.2) is 102 Å². The van der Waals surface area contributed by atoms with E-state index in [1.807, 2.05) is 64.2 Å². The topological polar surface area (TPSA) is 221 Å². The molecule has 0 aliphatic carbocycles. The average molecular weight is 977 g/mol. The van der Waals surface area contributed by atoms with Crippen molar-refractivity contribution in [1.82, 2.24) is 10.6 Å². The van der Waals surface area contributed by atoms with E-state index >= 15 is 0 Å². The molecule has 0 aromatic rings. The number of esters is 2. The summed E-state index contributed by atoms with van der Waals surface area (Å²) in [6, 6.07) is 0. The van der Waals surface area contributed by atoms with Gasteiger partial charge in [0.25, 0.3) is 0 Å². The molecule has 4 N–H and O–H groups in total.